The molecule has 1 atom stereocenters. The Kier molecular flexibility index (Phi) is 4.80. The topological polar surface area (TPSA) is 24.9 Å². The molecule has 1 N–H and O–H groups in total. The fraction of sp³-hybridized carbons (Fsp3) is 0.545. The highest BCUT2D eigenvalue weighted by Crippen LogP contribution is 2.10. The molecule has 0 aliphatic rings. The molecule has 0 aliphatic heterocycles. The van der Waals surface area contributed by atoms with Gasteiger partial charge < -0.3 is 5.32 Å². The molecule has 1 unspecified atom stereocenters. The van der Waals surface area contributed by atoms with Crippen LogP contribution < -0.4 is 5.32 Å². The number of pyridine rings is 1. The lowest BCUT2D eigenvalue weighted by atomic mass is 10.2. The molecule has 3 heteroatoms. The van der Waals surface area contributed by atoms with Crippen molar-refractivity contribution >= 4 is 17.6 Å². The quantitative estimate of drug-likeness (QED) is 0.809. The Balaban J connectivity index is 2.53. The third kappa shape index (κ3) is 3.58. The van der Waals surface area contributed by atoms with Crippen LogP contribution in [0, 0.1) is 6.92 Å². The monoisotopic (exact) mass is 210 g/mol. The number of rotatable bonds is 5. The second-order valence-corrected chi connectivity index (χ2v) is 4.34. The predicted octanol–water partition coefficient (Wildman–Crippen LogP) is 2.94. The highest BCUT2D eigenvalue weighted by Gasteiger charge is 2.04. The third-order valence-electron chi connectivity index (χ3n) is 2.12. The Morgan fingerprint density at radius 1 is 1.50 bits per heavy atom. The van der Waals surface area contributed by atoms with Crippen LogP contribution in [0.1, 0.15) is 18.9 Å². The van der Waals surface area contributed by atoms with Crippen LogP contribution >= 0.6 is 11.8 Å². The number of nitrogens with one attached hydrogen (secondary N) is 1. The predicted molar refractivity (Wildman–Crippen MR) is 65.1 cm³/mol. The summed E-state index contributed by atoms with van der Waals surface area (Å²) in [6, 6.07) is 4.65. The Hall–Kier alpha value is -0.700. The average Bonchev–Trinajstić information content (AvgIpc) is 2.20. The molecule has 1 heterocycles. The van der Waals surface area contributed by atoms with E-state index < -0.39 is 0 Å². The molecule has 0 radical (unpaired) electrons. The maximum absolute atomic E-state index is 4.33. The molecule has 1 aromatic heterocycles. The molecule has 0 aromatic carbocycles. The van der Waals surface area contributed by atoms with Crippen LogP contribution in [0.3, 0.4) is 0 Å². The second-order valence-electron chi connectivity index (χ2n) is 3.43. The van der Waals surface area contributed by atoms with Crippen molar-refractivity contribution < 1.29 is 0 Å². The Bertz CT molecular complexity index is 258. The molecule has 0 aliphatic carbocycles. The SMILES string of the molecule is CCC(CSC)Nc1ccc(C)cn1. The highest BCUT2D eigenvalue weighted by atomic mass is 32.2. The summed E-state index contributed by atoms with van der Waals surface area (Å²) in [5.41, 5.74) is 1.20. The minimum Gasteiger partial charge on any atom is -0.367 e. The van der Waals surface area contributed by atoms with Crippen LogP contribution in [0.25, 0.3) is 0 Å². The van der Waals surface area contributed by atoms with Crippen LogP contribution in [0.4, 0.5) is 5.82 Å². The molecule has 0 saturated heterocycles. The average molecular weight is 210 g/mol. The standard InChI is InChI=1S/C11H18N2S/c1-4-10(8-14-3)13-11-6-5-9(2)7-12-11/h5-7,10H,4,8H2,1-3H3,(H,12,13). The first-order valence-corrected chi connectivity index (χ1v) is 6.33. The molecule has 0 bridgehead atoms. The summed E-state index contributed by atoms with van der Waals surface area (Å²) in [5, 5.41) is 3.42. The summed E-state index contributed by atoms with van der Waals surface area (Å²) in [4.78, 5) is 4.33. The van der Waals surface area contributed by atoms with Gasteiger partial charge in [0.1, 0.15) is 5.82 Å². The zero-order valence-corrected chi connectivity index (χ0v) is 9.90. The molecule has 1 rings (SSSR count). The van der Waals surface area contributed by atoms with Crippen molar-refractivity contribution in [2.45, 2.75) is 26.3 Å². The minimum atomic E-state index is 0.528. The number of thioether (sulfide) groups is 1. The van der Waals surface area contributed by atoms with Gasteiger partial charge in [0, 0.05) is 18.0 Å². The van der Waals surface area contributed by atoms with Gasteiger partial charge in [-0.25, -0.2) is 4.98 Å². The maximum Gasteiger partial charge on any atom is 0.126 e. The molecular formula is C11H18N2S. The molecular weight excluding hydrogens is 192 g/mol. The van der Waals surface area contributed by atoms with Crippen molar-refractivity contribution in [1.82, 2.24) is 4.98 Å². The van der Waals surface area contributed by atoms with E-state index in [4.69, 9.17) is 0 Å². The van der Waals surface area contributed by atoms with Gasteiger partial charge in [-0.2, -0.15) is 11.8 Å². The number of anilines is 1. The van der Waals surface area contributed by atoms with Gasteiger partial charge in [0.2, 0.25) is 0 Å². The molecule has 1 aromatic rings. The van der Waals surface area contributed by atoms with Crippen LogP contribution in [-0.2, 0) is 0 Å². The number of hydrogen-bond donors (Lipinski definition) is 1. The first-order chi connectivity index (χ1) is 6.76. The van der Waals surface area contributed by atoms with Crippen molar-refractivity contribution in [1.29, 1.82) is 0 Å². The largest absolute Gasteiger partial charge is 0.367 e. The third-order valence-corrected chi connectivity index (χ3v) is 2.86. The van der Waals surface area contributed by atoms with E-state index in [0.29, 0.717) is 6.04 Å². The Labute approximate surface area is 90.5 Å². The van der Waals surface area contributed by atoms with E-state index in [1.165, 1.54) is 5.56 Å². The summed E-state index contributed by atoms with van der Waals surface area (Å²) in [6.45, 7) is 4.25. The molecule has 0 spiro atoms. The van der Waals surface area contributed by atoms with E-state index in [9.17, 15) is 0 Å². The summed E-state index contributed by atoms with van der Waals surface area (Å²) in [7, 11) is 0. The Morgan fingerprint density at radius 3 is 2.79 bits per heavy atom. The van der Waals surface area contributed by atoms with Crippen LogP contribution in [0.2, 0.25) is 0 Å². The zero-order chi connectivity index (χ0) is 10.4. The highest BCUT2D eigenvalue weighted by molar-refractivity contribution is 7.98. The van der Waals surface area contributed by atoms with Crippen molar-refractivity contribution in [2.24, 2.45) is 0 Å². The van der Waals surface area contributed by atoms with Gasteiger partial charge in [-0.05, 0) is 31.2 Å². The summed E-state index contributed by atoms with van der Waals surface area (Å²) in [5.74, 6) is 2.11. The molecule has 2 nitrogen and oxygen atoms in total. The van der Waals surface area contributed by atoms with Gasteiger partial charge in [-0.3, -0.25) is 0 Å². The van der Waals surface area contributed by atoms with Crippen molar-refractivity contribution in [3.63, 3.8) is 0 Å². The number of aryl methyl sites for hydroxylation is 1. The smallest absolute Gasteiger partial charge is 0.126 e. The molecule has 0 fully saturated rings. The van der Waals surface area contributed by atoms with Crippen molar-refractivity contribution in [3.8, 4) is 0 Å². The lowest BCUT2D eigenvalue weighted by Gasteiger charge is -2.16. The Morgan fingerprint density at radius 2 is 2.29 bits per heavy atom. The second kappa shape index (κ2) is 5.91. The van der Waals surface area contributed by atoms with E-state index >= 15 is 0 Å². The first kappa shape index (κ1) is 11.4. The lowest BCUT2D eigenvalue weighted by molar-refractivity contribution is 0.770. The van der Waals surface area contributed by atoms with Gasteiger partial charge in [0.15, 0.2) is 0 Å². The number of nitrogens with zero attached hydrogens (tertiary/aromatic N) is 1. The fourth-order valence-electron chi connectivity index (χ4n) is 1.23. The van der Waals surface area contributed by atoms with Gasteiger partial charge in [0.05, 0.1) is 0 Å². The minimum absolute atomic E-state index is 0.528. The van der Waals surface area contributed by atoms with Crippen LogP contribution in [0.15, 0.2) is 18.3 Å². The van der Waals surface area contributed by atoms with Gasteiger partial charge in [-0.15, -0.1) is 0 Å². The fourth-order valence-corrected chi connectivity index (χ4v) is 1.95. The van der Waals surface area contributed by atoms with Crippen molar-refractivity contribution in [2.75, 3.05) is 17.3 Å². The van der Waals surface area contributed by atoms with E-state index in [2.05, 4.69) is 36.5 Å². The summed E-state index contributed by atoms with van der Waals surface area (Å²) < 4.78 is 0. The maximum atomic E-state index is 4.33. The lowest BCUT2D eigenvalue weighted by Crippen LogP contribution is -2.21. The number of aromatic nitrogens is 1. The summed E-state index contributed by atoms with van der Waals surface area (Å²) >= 11 is 1.87. The van der Waals surface area contributed by atoms with Crippen LogP contribution in [-0.4, -0.2) is 23.0 Å². The molecule has 0 saturated carbocycles. The number of hydrogen-bond acceptors (Lipinski definition) is 3. The normalized spacial score (nSPS) is 12.5. The molecule has 0 amide bonds. The summed E-state index contributed by atoms with van der Waals surface area (Å²) in [6.07, 6.45) is 5.16. The van der Waals surface area contributed by atoms with E-state index in [1.54, 1.807) is 0 Å². The van der Waals surface area contributed by atoms with Gasteiger partial charge >= 0.3 is 0 Å². The van der Waals surface area contributed by atoms with E-state index in [0.717, 1.165) is 18.0 Å². The molecule has 14 heavy (non-hydrogen) atoms. The van der Waals surface area contributed by atoms with Crippen molar-refractivity contribution in [3.05, 3.63) is 23.9 Å². The van der Waals surface area contributed by atoms with Crippen LogP contribution in [0.5, 0.6) is 0 Å². The van der Waals surface area contributed by atoms with Gasteiger partial charge in [-0.1, -0.05) is 13.0 Å². The van der Waals surface area contributed by atoms with Gasteiger partial charge in [0.25, 0.3) is 0 Å². The van der Waals surface area contributed by atoms with E-state index in [1.807, 2.05) is 24.0 Å². The van der Waals surface area contributed by atoms with E-state index in [-0.39, 0.29) is 0 Å². The molecule has 78 valence electrons. The first-order valence-electron chi connectivity index (χ1n) is 4.94. The zero-order valence-electron chi connectivity index (χ0n) is 9.08.